The lowest BCUT2D eigenvalue weighted by atomic mass is 10.1. The van der Waals surface area contributed by atoms with Crippen molar-refractivity contribution in [2.45, 2.75) is 0 Å². The van der Waals surface area contributed by atoms with Gasteiger partial charge in [-0.25, -0.2) is 9.97 Å². The first-order valence-electron chi connectivity index (χ1n) is 10.0. The molecule has 0 unspecified atom stereocenters. The van der Waals surface area contributed by atoms with E-state index in [0.29, 0.717) is 0 Å². The zero-order chi connectivity index (χ0) is 19.4. The molecule has 0 bridgehead atoms. The maximum atomic E-state index is 6.16. The topological polar surface area (TPSA) is 43.3 Å². The summed E-state index contributed by atoms with van der Waals surface area (Å²) in [6.45, 7) is 0. The fourth-order valence-corrected chi connectivity index (χ4v) is 5.02. The van der Waals surface area contributed by atoms with Crippen molar-refractivity contribution in [2.24, 2.45) is 0 Å². The van der Waals surface area contributed by atoms with Crippen LogP contribution < -0.4 is 0 Å². The summed E-state index contributed by atoms with van der Waals surface area (Å²) in [7, 11) is 0. The van der Waals surface area contributed by atoms with Crippen molar-refractivity contribution in [3.63, 3.8) is 0 Å². The normalized spacial score (nSPS) is 12.7. The van der Waals surface area contributed by atoms with E-state index in [2.05, 4.69) is 46.9 Å². The van der Waals surface area contributed by atoms with Crippen molar-refractivity contribution in [2.75, 3.05) is 0 Å². The highest BCUT2D eigenvalue weighted by Crippen LogP contribution is 2.41. The smallest absolute Gasteiger partial charge is 0.165 e. The van der Waals surface area contributed by atoms with Crippen LogP contribution in [-0.2, 0) is 0 Å². The van der Waals surface area contributed by atoms with Crippen LogP contribution in [0.2, 0.25) is 0 Å². The van der Waals surface area contributed by atoms with E-state index in [1.807, 2.05) is 36.4 Å². The molecule has 0 aliphatic carbocycles. The van der Waals surface area contributed by atoms with Gasteiger partial charge in [0.15, 0.2) is 5.65 Å². The molecule has 4 heteroatoms. The number of rotatable bonds is 0. The molecule has 0 saturated heterocycles. The number of benzene rings is 4. The standard InChI is InChI=1S/C26H13N3O/c1-4-11-22-14(6-1)18-12-21-17(13-23(18)30-22)15-7-5-8-16-24-26(29(21)25(15)16)28-20-10-3-2-9-19(20)27-24/h1-13H. The fraction of sp³-hybridized carbons (Fsp3) is 0. The molecule has 4 nitrogen and oxygen atoms in total. The van der Waals surface area contributed by atoms with Crippen molar-refractivity contribution in [3.8, 4) is 0 Å². The van der Waals surface area contributed by atoms with Gasteiger partial charge in [0, 0.05) is 26.9 Å². The summed E-state index contributed by atoms with van der Waals surface area (Å²) >= 11 is 0. The Balaban J connectivity index is 1.69. The molecule has 4 aromatic carbocycles. The third-order valence-corrected chi connectivity index (χ3v) is 6.30. The van der Waals surface area contributed by atoms with E-state index in [0.717, 1.165) is 55.0 Å². The Hall–Kier alpha value is -4.18. The lowest BCUT2D eigenvalue weighted by Crippen LogP contribution is -1.88. The van der Waals surface area contributed by atoms with Crippen molar-refractivity contribution in [3.05, 3.63) is 78.9 Å². The lowest BCUT2D eigenvalue weighted by Gasteiger charge is -2.00. The van der Waals surface area contributed by atoms with Gasteiger partial charge in [0.05, 0.1) is 22.1 Å². The van der Waals surface area contributed by atoms with Crippen LogP contribution in [0.3, 0.4) is 0 Å². The van der Waals surface area contributed by atoms with Crippen LogP contribution in [0.5, 0.6) is 0 Å². The molecule has 8 aromatic rings. The number of para-hydroxylation sites is 4. The third-order valence-electron chi connectivity index (χ3n) is 6.30. The summed E-state index contributed by atoms with van der Waals surface area (Å²) in [5.41, 5.74) is 7.83. The van der Waals surface area contributed by atoms with Gasteiger partial charge >= 0.3 is 0 Å². The molecule has 4 aromatic heterocycles. The highest BCUT2D eigenvalue weighted by molar-refractivity contribution is 6.24. The summed E-state index contributed by atoms with van der Waals surface area (Å²) in [6, 6.07) is 27.1. The largest absolute Gasteiger partial charge is 0.456 e. The van der Waals surface area contributed by atoms with E-state index < -0.39 is 0 Å². The van der Waals surface area contributed by atoms with Crippen molar-refractivity contribution < 1.29 is 4.42 Å². The van der Waals surface area contributed by atoms with Crippen LogP contribution in [0.4, 0.5) is 0 Å². The predicted molar refractivity (Wildman–Crippen MR) is 121 cm³/mol. The van der Waals surface area contributed by atoms with Gasteiger partial charge in [-0.3, -0.25) is 4.40 Å². The molecule has 0 aliphatic rings. The molecule has 4 heterocycles. The molecular formula is C26H13N3O. The Morgan fingerprint density at radius 2 is 1.37 bits per heavy atom. The first kappa shape index (κ1) is 14.8. The van der Waals surface area contributed by atoms with Crippen LogP contribution in [-0.4, -0.2) is 14.4 Å². The van der Waals surface area contributed by atoms with E-state index in [-0.39, 0.29) is 0 Å². The molecule has 0 saturated carbocycles. The number of hydrogen-bond donors (Lipinski definition) is 0. The highest BCUT2D eigenvalue weighted by atomic mass is 16.3. The first-order chi connectivity index (χ1) is 14.9. The number of furan rings is 1. The van der Waals surface area contributed by atoms with Gasteiger partial charge in [-0.1, -0.05) is 48.5 Å². The lowest BCUT2D eigenvalue weighted by molar-refractivity contribution is 0.669. The number of hydrogen-bond acceptors (Lipinski definition) is 3. The summed E-state index contributed by atoms with van der Waals surface area (Å²) < 4.78 is 8.43. The van der Waals surface area contributed by atoms with Crippen molar-refractivity contribution >= 4 is 71.3 Å². The summed E-state index contributed by atoms with van der Waals surface area (Å²) in [6.07, 6.45) is 0. The second-order valence-corrected chi connectivity index (χ2v) is 7.89. The summed E-state index contributed by atoms with van der Waals surface area (Å²) in [5, 5.41) is 5.78. The molecule has 0 aliphatic heterocycles. The average Bonchev–Trinajstić information content (AvgIpc) is 3.42. The summed E-state index contributed by atoms with van der Waals surface area (Å²) in [4.78, 5) is 10.00. The van der Waals surface area contributed by atoms with Gasteiger partial charge in [0.1, 0.15) is 16.7 Å². The molecule has 0 amide bonds. The molecule has 8 rings (SSSR count). The van der Waals surface area contributed by atoms with Crippen LogP contribution in [0, 0.1) is 0 Å². The van der Waals surface area contributed by atoms with Gasteiger partial charge in [-0.2, -0.15) is 0 Å². The Morgan fingerprint density at radius 3 is 2.30 bits per heavy atom. The zero-order valence-electron chi connectivity index (χ0n) is 15.8. The molecule has 0 N–H and O–H groups in total. The van der Waals surface area contributed by atoms with Crippen LogP contribution >= 0.6 is 0 Å². The quantitative estimate of drug-likeness (QED) is 0.293. The van der Waals surface area contributed by atoms with Crippen LogP contribution in [0.25, 0.3) is 71.3 Å². The van der Waals surface area contributed by atoms with E-state index in [4.69, 9.17) is 14.4 Å². The second kappa shape index (κ2) is 4.86. The van der Waals surface area contributed by atoms with Gasteiger partial charge in [0.2, 0.25) is 0 Å². The zero-order valence-corrected chi connectivity index (χ0v) is 15.8. The Bertz CT molecular complexity index is 1960. The Kier molecular flexibility index (Phi) is 2.39. The molecule has 0 fully saturated rings. The minimum Gasteiger partial charge on any atom is -0.456 e. The second-order valence-electron chi connectivity index (χ2n) is 7.89. The number of fused-ring (bicyclic) bond motifs is 10. The van der Waals surface area contributed by atoms with Crippen LogP contribution in [0.1, 0.15) is 0 Å². The molecule has 30 heavy (non-hydrogen) atoms. The predicted octanol–water partition coefficient (Wildman–Crippen LogP) is 6.68. The molecule has 0 atom stereocenters. The maximum Gasteiger partial charge on any atom is 0.165 e. The maximum absolute atomic E-state index is 6.16. The summed E-state index contributed by atoms with van der Waals surface area (Å²) in [5.74, 6) is 0. The molecule has 138 valence electrons. The minimum absolute atomic E-state index is 0.905. The van der Waals surface area contributed by atoms with Gasteiger partial charge < -0.3 is 4.42 Å². The van der Waals surface area contributed by atoms with E-state index in [9.17, 15) is 0 Å². The fourth-order valence-electron chi connectivity index (χ4n) is 5.02. The highest BCUT2D eigenvalue weighted by Gasteiger charge is 2.21. The monoisotopic (exact) mass is 383 g/mol. The van der Waals surface area contributed by atoms with E-state index in [1.165, 1.54) is 16.3 Å². The van der Waals surface area contributed by atoms with Gasteiger partial charge in [-0.05, 0) is 30.3 Å². The Morgan fingerprint density at radius 1 is 0.600 bits per heavy atom. The Labute approximate surface area is 169 Å². The average molecular weight is 383 g/mol. The van der Waals surface area contributed by atoms with E-state index >= 15 is 0 Å². The third kappa shape index (κ3) is 1.61. The molecule has 0 spiro atoms. The first-order valence-corrected chi connectivity index (χ1v) is 10.0. The van der Waals surface area contributed by atoms with Gasteiger partial charge in [-0.15, -0.1) is 0 Å². The minimum atomic E-state index is 0.905. The molecule has 0 radical (unpaired) electrons. The van der Waals surface area contributed by atoms with E-state index in [1.54, 1.807) is 0 Å². The van der Waals surface area contributed by atoms with Crippen LogP contribution in [0.15, 0.2) is 83.3 Å². The number of nitrogens with zero attached hydrogens (tertiary/aromatic N) is 3. The SMILES string of the molecule is c1ccc2nc3c(nc2c1)c1cccc2c4cc5oc6ccccc6c5cc4n3c21. The van der Waals surface area contributed by atoms with Crippen molar-refractivity contribution in [1.29, 1.82) is 0 Å². The molecular weight excluding hydrogens is 370 g/mol. The number of aromatic nitrogens is 3. The van der Waals surface area contributed by atoms with Crippen molar-refractivity contribution in [1.82, 2.24) is 14.4 Å². The van der Waals surface area contributed by atoms with Gasteiger partial charge in [0.25, 0.3) is 0 Å².